The Labute approximate surface area is 104 Å². The average Bonchev–Trinajstić information content (AvgIpc) is 2.34. The third-order valence-corrected chi connectivity index (χ3v) is 1.88. The first kappa shape index (κ1) is 11.7. The van der Waals surface area contributed by atoms with Crippen molar-refractivity contribution in [3.8, 4) is 11.1 Å². The molecule has 2 heteroatoms. The maximum absolute atomic E-state index is 4.81. The van der Waals surface area contributed by atoms with Crippen molar-refractivity contribution in [3.05, 3.63) is 60.7 Å². The fraction of sp³-hybridized carbons (Fsp3) is 0. The summed E-state index contributed by atoms with van der Waals surface area (Å²) in [5, 5.41) is 0. The van der Waals surface area contributed by atoms with Crippen LogP contribution in [0.3, 0.4) is 0 Å². The molecular formula is C12H10ClTl. The van der Waals surface area contributed by atoms with Crippen LogP contribution in [0.1, 0.15) is 0 Å². The zero-order valence-corrected chi connectivity index (χ0v) is 13.0. The quantitative estimate of drug-likeness (QED) is 0.648. The summed E-state index contributed by atoms with van der Waals surface area (Å²) in [5.74, 6) is 0. The Morgan fingerprint density at radius 3 is 1.14 bits per heavy atom. The van der Waals surface area contributed by atoms with Crippen molar-refractivity contribution in [3.63, 3.8) is 0 Å². The van der Waals surface area contributed by atoms with Crippen molar-refractivity contribution in [1.29, 1.82) is 0 Å². The second kappa shape index (κ2) is 7.01. The van der Waals surface area contributed by atoms with Crippen LogP contribution >= 0.6 is 8.32 Å². The van der Waals surface area contributed by atoms with Gasteiger partial charge in [-0.05, 0) is 11.1 Å². The second-order valence-corrected chi connectivity index (χ2v) is 2.73. The summed E-state index contributed by atoms with van der Waals surface area (Å²) in [6, 6.07) is 20.8. The van der Waals surface area contributed by atoms with Crippen LogP contribution < -0.4 is 0 Å². The van der Waals surface area contributed by atoms with Gasteiger partial charge in [-0.1, -0.05) is 60.7 Å². The topological polar surface area (TPSA) is 0 Å². The normalized spacial score (nSPS) is 8.57. The molecule has 2 rings (SSSR count). The minimum Gasteiger partial charge on any atom is -0.0622 e. The SMILES string of the molecule is [Cl][Tl].c1ccc(-c2ccccc2)cc1. The molecule has 0 bridgehead atoms. The van der Waals surface area contributed by atoms with Gasteiger partial charge >= 0.3 is 32.9 Å². The van der Waals surface area contributed by atoms with E-state index in [-0.39, 0.29) is 0 Å². The maximum Gasteiger partial charge on any atom is -0.0184 e. The van der Waals surface area contributed by atoms with Crippen LogP contribution in [0.25, 0.3) is 11.1 Å². The summed E-state index contributed by atoms with van der Waals surface area (Å²) in [6.07, 6.45) is 0. The van der Waals surface area contributed by atoms with Gasteiger partial charge < -0.3 is 0 Å². The number of halogens is 1. The standard InChI is InChI=1S/C12H10.ClH.Tl/c1-3-7-11(8-4-1)12-9-5-2-6-10-12;;/h1-10H;1H;/q;;+1/p-1. The molecule has 0 aliphatic rings. The average molecular weight is 394 g/mol. The van der Waals surface area contributed by atoms with Crippen molar-refractivity contribution in [2.45, 2.75) is 0 Å². The Hall–Kier alpha value is -0.348. The van der Waals surface area contributed by atoms with Gasteiger partial charge in [-0.3, -0.25) is 0 Å². The van der Waals surface area contributed by atoms with Crippen molar-refractivity contribution in [1.82, 2.24) is 0 Å². The van der Waals surface area contributed by atoms with Crippen LogP contribution in [0.5, 0.6) is 0 Å². The Kier molecular flexibility index (Phi) is 5.87. The van der Waals surface area contributed by atoms with E-state index < -0.39 is 0 Å². The van der Waals surface area contributed by atoms with E-state index in [0.717, 1.165) is 0 Å². The molecule has 0 spiro atoms. The summed E-state index contributed by atoms with van der Waals surface area (Å²) in [5.41, 5.74) is 2.55. The van der Waals surface area contributed by atoms with Gasteiger partial charge in [0.2, 0.25) is 0 Å². The number of hydrogen-bond acceptors (Lipinski definition) is 0. The molecule has 2 aromatic carbocycles. The molecule has 0 aliphatic carbocycles. The molecule has 0 unspecified atom stereocenters. The van der Waals surface area contributed by atoms with Crippen molar-refractivity contribution in [2.24, 2.45) is 0 Å². The second-order valence-electron chi connectivity index (χ2n) is 2.73. The van der Waals surface area contributed by atoms with Crippen LogP contribution in [0.4, 0.5) is 0 Å². The molecule has 0 radical (unpaired) electrons. The fourth-order valence-electron chi connectivity index (χ4n) is 1.26. The van der Waals surface area contributed by atoms with E-state index in [2.05, 4.69) is 48.5 Å². The van der Waals surface area contributed by atoms with Gasteiger partial charge in [-0.15, -0.1) is 0 Å². The Balaban J connectivity index is 0.000000461. The predicted molar refractivity (Wildman–Crippen MR) is 63.5 cm³/mol. The van der Waals surface area contributed by atoms with Crippen LogP contribution in [-0.4, -0.2) is 24.5 Å². The van der Waals surface area contributed by atoms with E-state index in [0.29, 0.717) is 24.5 Å². The summed E-state index contributed by atoms with van der Waals surface area (Å²) < 4.78 is 0. The molecule has 0 N–H and O–H groups in total. The summed E-state index contributed by atoms with van der Waals surface area (Å²) >= 11 is 0.639. The molecule has 68 valence electrons. The first-order valence-electron chi connectivity index (χ1n) is 4.29. The van der Waals surface area contributed by atoms with E-state index in [1.165, 1.54) is 11.1 Å². The molecule has 0 amide bonds. The number of benzene rings is 2. The third kappa shape index (κ3) is 3.42. The largest absolute Gasteiger partial charge is 0.0622 e. The first-order chi connectivity index (χ1) is 6.97. The zero-order chi connectivity index (χ0) is 10.2. The van der Waals surface area contributed by atoms with Gasteiger partial charge in [-0.2, -0.15) is 0 Å². The first-order valence-corrected chi connectivity index (χ1v) is 9.82. The summed E-state index contributed by atoms with van der Waals surface area (Å²) in [4.78, 5) is 0. The Morgan fingerprint density at radius 1 is 0.571 bits per heavy atom. The Bertz CT molecular complexity index is 308. The third-order valence-electron chi connectivity index (χ3n) is 1.88. The van der Waals surface area contributed by atoms with E-state index in [4.69, 9.17) is 8.32 Å². The predicted octanol–water partition coefficient (Wildman–Crippen LogP) is 3.66. The molecule has 0 aliphatic heterocycles. The maximum atomic E-state index is 4.81. The number of rotatable bonds is 1. The molecule has 0 nitrogen and oxygen atoms in total. The number of hydrogen-bond donors (Lipinski definition) is 0. The van der Waals surface area contributed by atoms with Gasteiger partial charge in [0.1, 0.15) is 0 Å². The van der Waals surface area contributed by atoms with Gasteiger partial charge in [-0.25, -0.2) is 0 Å². The Morgan fingerprint density at radius 2 is 0.857 bits per heavy atom. The summed E-state index contributed by atoms with van der Waals surface area (Å²) in [7, 11) is 4.81. The zero-order valence-electron chi connectivity index (χ0n) is 7.73. The van der Waals surface area contributed by atoms with Crippen LogP contribution in [0.15, 0.2) is 60.7 Å². The smallest absolute Gasteiger partial charge is 0.0184 e. The van der Waals surface area contributed by atoms with Crippen LogP contribution in [0, 0.1) is 0 Å². The molecule has 14 heavy (non-hydrogen) atoms. The summed E-state index contributed by atoms with van der Waals surface area (Å²) in [6.45, 7) is 0. The van der Waals surface area contributed by atoms with E-state index in [9.17, 15) is 0 Å². The van der Waals surface area contributed by atoms with Crippen molar-refractivity contribution in [2.75, 3.05) is 0 Å². The van der Waals surface area contributed by atoms with Crippen molar-refractivity contribution < 1.29 is 0 Å². The molecule has 0 atom stereocenters. The molecule has 0 saturated heterocycles. The molecule has 2 aromatic rings. The van der Waals surface area contributed by atoms with Gasteiger partial charge in [0.15, 0.2) is 0 Å². The van der Waals surface area contributed by atoms with Gasteiger partial charge in [0.25, 0.3) is 0 Å². The molecule has 0 aromatic heterocycles. The van der Waals surface area contributed by atoms with Crippen LogP contribution in [-0.2, 0) is 0 Å². The monoisotopic (exact) mass is 394 g/mol. The molecule has 0 saturated carbocycles. The molecular weight excluding hydrogens is 384 g/mol. The minimum atomic E-state index is 0.639. The van der Waals surface area contributed by atoms with Gasteiger partial charge in [0, 0.05) is 0 Å². The van der Waals surface area contributed by atoms with E-state index in [1.807, 2.05) is 12.1 Å². The molecule has 0 heterocycles. The van der Waals surface area contributed by atoms with E-state index >= 15 is 0 Å². The van der Waals surface area contributed by atoms with Gasteiger partial charge in [0.05, 0.1) is 0 Å². The molecule has 0 fully saturated rings. The fourth-order valence-corrected chi connectivity index (χ4v) is 1.26. The van der Waals surface area contributed by atoms with Crippen LogP contribution in [0.2, 0.25) is 0 Å². The minimum absolute atomic E-state index is 0.639. The van der Waals surface area contributed by atoms with Crippen molar-refractivity contribution >= 4 is 32.9 Å². The van der Waals surface area contributed by atoms with E-state index in [1.54, 1.807) is 0 Å².